The lowest BCUT2D eigenvalue weighted by atomic mass is 9.84. The van der Waals surface area contributed by atoms with Crippen molar-refractivity contribution >= 4 is 29.1 Å². The molecule has 6 rings (SSSR count). The van der Waals surface area contributed by atoms with E-state index in [9.17, 15) is 24.9 Å². The molecule has 264 valence electrons. The molecule has 1 fully saturated rings. The molecule has 10 heteroatoms. The molecule has 2 unspecified atom stereocenters. The van der Waals surface area contributed by atoms with Gasteiger partial charge in [0, 0.05) is 53.0 Å². The standard InChI is InChI=1S/C40H48N4O6/c1-8-10-11-12-15-50-23(7)33-21(5)28-16-27-20(4)25(13-14-32(45)46)37(43-27)35-36(40(48)49)39(47)34-22(6)29(44-38(34)35)17-30-24(9-2)19(3)26(41-30)18-31(33)42-28/h16-18,20,23,25,36,43,47H,8-15H2,1-7H3,(H,45,46)(H,48,49)/t20-,23?,25-,36?/m0/s1. The molecule has 0 spiro atoms. The molecule has 6 aliphatic rings. The van der Waals surface area contributed by atoms with E-state index in [1.54, 1.807) is 0 Å². The Morgan fingerprint density at radius 1 is 0.940 bits per heavy atom. The summed E-state index contributed by atoms with van der Waals surface area (Å²) in [6.45, 7) is 15.0. The van der Waals surface area contributed by atoms with E-state index < -0.39 is 17.9 Å². The minimum atomic E-state index is -1.33. The highest BCUT2D eigenvalue weighted by Crippen LogP contribution is 2.49. The Morgan fingerprint density at radius 2 is 1.66 bits per heavy atom. The lowest BCUT2D eigenvalue weighted by molar-refractivity contribution is -0.140. The Hall–Kier alpha value is -4.57. The van der Waals surface area contributed by atoms with E-state index in [-0.39, 0.29) is 36.5 Å². The summed E-state index contributed by atoms with van der Waals surface area (Å²) in [5, 5.41) is 35.1. The van der Waals surface area contributed by atoms with Gasteiger partial charge in [0.25, 0.3) is 0 Å². The van der Waals surface area contributed by atoms with E-state index in [1.165, 1.54) is 6.42 Å². The van der Waals surface area contributed by atoms with Crippen LogP contribution in [-0.4, -0.2) is 57.1 Å². The van der Waals surface area contributed by atoms with Crippen LogP contribution in [0.25, 0.3) is 0 Å². The van der Waals surface area contributed by atoms with Crippen molar-refractivity contribution in [3.63, 3.8) is 0 Å². The normalized spacial score (nSPS) is 24.8. The molecule has 1 aliphatic carbocycles. The molecular weight excluding hydrogens is 632 g/mol. The average Bonchev–Trinajstić information content (AvgIpc) is 3.80. The number of nitrogens with zero attached hydrogens (tertiary/aromatic N) is 3. The number of aliphatic imine (C=N–C) groups is 3. The van der Waals surface area contributed by atoms with Crippen LogP contribution in [-0.2, 0) is 14.3 Å². The number of carbonyl (C=O) groups is 2. The zero-order chi connectivity index (χ0) is 36.0. The maximum Gasteiger partial charge on any atom is 0.318 e. The minimum absolute atomic E-state index is 0.0958. The number of rotatable bonds is 12. The fourth-order valence-corrected chi connectivity index (χ4v) is 8.07. The maximum absolute atomic E-state index is 12.8. The Kier molecular flexibility index (Phi) is 9.86. The Balaban J connectivity index is 1.57. The Bertz CT molecular complexity index is 1910. The van der Waals surface area contributed by atoms with Gasteiger partial charge >= 0.3 is 11.9 Å². The van der Waals surface area contributed by atoms with E-state index >= 15 is 0 Å². The van der Waals surface area contributed by atoms with Crippen LogP contribution >= 0.6 is 0 Å². The van der Waals surface area contributed by atoms with Crippen molar-refractivity contribution < 1.29 is 29.6 Å². The summed E-state index contributed by atoms with van der Waals surface area (Å²) >= 11 is 0. The van der Waals surface area contributed by atoms with Crippen molar-refractivity contribution in [2.24, 2.45) is 32.7 Å². The van der Waals surface area contributed by atoms with Gasteiger partial charge in [0.2, 0.25) is 0 Å². The minimum Gasteiger partial charge on any atom is -0.510 e. The van der Waals surface area contributed by atoms with Crippen LogP contribution in [0.3, 0.4) is 0 Å². The molecule has 5 aliphatic heterocycles. The number of carboxylic acid groups (broad SMARTS) is 2. The molecule has 0 aromatic rings. The van der Waals surface area contributed by atoms with E-state index in [0.29, 0.717) is 40.4 Å². The number of allylic oxidation sites excluding steroid dienone is 10. The highest BCUT2D eigenvalue weighted by Gasteiger charge is 2.48. The van der Waals surface area contributed by atoms with Gasteiger partial charge in [-0.25, -0.2) is 15.0 Å². The summed E-state index contributed by atoms with van der Waals surface area (Å²) in [7, 11) is 0. The van der Waals surface area contributed by atoms with Crippen LogP contribution in [0.15, 0.2) is 106 Å². The summed E-state index contributed by atoms with van der Waals surface area (Å²) in [6, 6.07) is 0. The summed E-state index contributed by atoms with van der Waals surface area (Å²) < 4.78 is 6.40. The third kappa shape index (κ3) is 6.08. The summed E-state index contributed by atoms with van der Waals surface area (Å²) in [5.41, 5.74) is 11.1. The number of hydrogen-bond donors (Lipinski definition) is 4. The van der Waals surface area contributed by atoms with Crippen molar-refractivity contribution in [2.75, 3.05) is 6.61 Å². The lowest BCUT2D eigenvalue weighted by Gasteiger charge is -2.19. The number of carboxylic acids is 2. The topological polar surface area (TPSA) is 153 Å². The highest BCUT2D eigenvalue weighted by molar-refractivity contribution is 6.24. The summed E-state index contributed by atoms with van der Waals surface area (Å²) in [5.74, 6) is -4.26. The van der Waals surface area contributed by atoms with Gasteiger partial charge in [-0.2, -0.15) is 0 Å². The zero-order valence-electron chi connectivity index (χ0n) is 30.1. The van der Waals surface area contributed by atoms with E-state index in [1.807, 2.05) is 32.1 Å². The van der Waals surface area contributed by atoms with E-state index in [2.05, 4.69) is 39.9 Å². The number of unbranched alkanes of at least 4 members (excludes halogenated alkanes) is 3. The number of ether oxygens (including phenoxy) is 1. The molecule has 4 atom stereocenters. The molecule has 0 amide bonds. The molecule has 8 bridgehead atoms. The number of aliphatic hydroxyl groups is 1. The van der Waals surface area contributed by atoms with Gasteiger partial charge < -0.3 is 25.4 Å². The fourth-order valence-electron chi connectivity index (χ4n) is 8.07. The largest absolute Gasteiger partial charge is 0.510 e. The Labute approximate surface area is 293 Å². The van der Waals surface area contributed by atoms with Crippen molar-refractivity contribution in [1.82, 2.24) is 5.32 Å². The average molecular weight is 681 g/mol. The molecule has 50 heavy (non-hydrogen) atoms. The first-order valence-corrected chi connectivity index (χ1v) is 17.9. The lowest BCUT2D eigenvalue weighted by Crippen LogP contribution is -2.23. The zero-order valence-corrected chi connectivity index (χ0v) is 30.1. The molecular formula is C40H48N4O6. The molecule has 1 saturated heterocycles. The SMILES string of the molecule is CCCCCCOC(C)C1=C(C)C2=NC1=CC1=NC(=CC3=C(C)C4=C(O)C(C(=O)O)C(=C5NC(=C2)[C@@H](C)[C@@H]5CCC(=O)O)C4=N3)C(CC)=C1C. The van der Waals surface area contributed by atoms with Gasteiger partial charge in [-0.05, 0) is 87.5 Å². The molecule has 4 N–H and O–H groups in total. The van der Waals surface area contributed by atoms with Crippen molar-refractivity contribution in [3.05, 3.63) is 91.5 Å². The first-order valence-electron chi connectivity index (χ1n) is 17.9. The number of aliphatic hydroxyl groups excluding tert-OH is 1. The van der Waals surface area contributed by atoms with Crippen molar-refractivity contribution in [3.8, 4) is 0 Å². The summed E-state index contributed by atoms with van der Waals surface area (Å²) in [4.78, 5) is 39.8. The van der Waals surface area contributed by atoms with Crippen LogP contribution < -0.4 is 5.32 Å². The second kappa shape index (κ2) is 14.0. The van der Waals surface area contributed by atoms with Crippen LogP contribution in [0.2, 0.25) is 0 Å². The first-order chi connectivity index (χ1) is 23.9. The van der Waals surface area contributed by atoms with Crippen LogP contribution in [0.1, 0.15) is 93.4 Å². The van der Waals surface area contributed by atoms with E-state index in [0.717, 1.165) is 76.5 Å². The van der Waals surface area contributed by atoms with Gasteiger partial charge in [-0.15, -0.1) is 0 Å². The maximum atomic E-state index is 12.8. The molecule has 0 aromatic heterocycles. The molecule has 0 aromatic carbocycles. The molecule has 10 nitrogen and oxygen atoms in total. The van der Waals surface area contributed by atoms with Gasteiger partial charge in [-0.3, -0.25) is 9.59 Å². The van der Waals surface area contributed by atoms with Crippen LogP contribution in [0.4, 0.5) is 0 Å². The first kappa shape index (κ1) is 35.3. The third-order valence-corrected chi connectivity index (χ3v) is 10.9. The monoisotopic (exact) mass is 680 g/mol. The predicted molar refractivity (Wildman–Crippen MR) is 195 cm³/mol. The quantitative estimate of drug-likeness (QED) is 0.153. The van der Waals surface area contributed by atoms with Gasteiger partial charge in [0.1, 0.15) is 11.7 Å². The van der Waals surface area contributed by atoms with Crippen LogP contribution in [0, 0.1) is 17.8 Å². The number of fused-ring (bicyclic) bond motifs is 5. The molecule has 5 heterocycles. The van der Waals surface area contributed by atoms with Crippen molar-refractivity contribution in [2.45, 2.75) is 99.5 Å². The van der Waals surface area contributed by atoms with Crippen molar-refractivity contribution in [1.29, 1.82) is 0 Å². The number of aliphatic carboxylic acids is 2. The Morgan fingerprint density at radius 3 is 2.34 bits per heavy atom. The third-order valence-electron chi connectivity index (χ3n) is 10.9. The van der Waals surface area contributed by atoms with Crippen LogP contribution in [0.5, 0.6) is 0 Å². The smallest absolute Gasteiger partial charge is 0.318 e. The van der Waals surface area contributed by atoms with Gasteiger partial charge in [0.05, 0.1) is 40.3 Å². The molecule has 0 radical (unpaired) electrons. The van der Waals surface area contributed by atoms with E-state index in [4.69, 9.17) is 19.7 Å². The second-order valence-corrected chi connectivity index (χ2v) is 14.0. The second-order valence-electron chi connectivity index (χ2n) is 14.0. The van der Waals surface area contributed by atoms with Gasteiger partial charge in [-0.1, -0.05) is 40.0 Å². The fraction of sp³-hybridized carbons (Fsp3) is 0.475. The number of hydrogen-bond acceptors (Lipinski definition) is 8. The highest BCUT2D eigenvalue weighted by atomic mass is 16.5. The summed E-state index contributed by atoms with van der Waals surface area (Å²) in [6.07, 6.45) is 11.1. The van der Waals surface area contributed by atoms with Gasteiger partial charge in [0.15, 0.2) is 0 Å². The predicted octanol–water partition coefficient (Wildman–Crippen LogP) is 7.82. The molecule has 0 saturated carbocycles. The number of nitrogens with one attached hydrogen (secondary N) is 1.